The number of benzene rings is 1. The Morgan fingerprint density at radius 3 is 2.58 bits per heavy atom. The Morgan fingerprint density at radius 2 is 2.00 bits per heavy atom. The molecule has 0 radical (unpaired) electrons. The zero-order chi connectivity index (χ0) is 14.1. The fraction of sp³-hybridized carbons (Fsp3) is 0.462. The lowest BCUT2D eigenvalue weighted by atomic mass is 9.80. The molecule has 0 spiro atoms. The van der Waals surface area contributed by atoms with Gasteiger partial charge >= 0.3 is 13.2 Å². The van der Waals surface area contributed by atoms with Gasteiger partial charge in [0.25, 0.3) is 0 Å². The van der Waals surface area contributed by atoms with Crippen LogP contribution in [0.4, 0.5) is 4.79 Å². The van der Waals surface area contributed by atoms with Crippen molar-refractivity contribution in [1.82, 2.24) is 5.32 Å². The van der Waals surface area contributed by atoms with Gasteiger partial charge in [0.15, 0.2) is 0 Å². The summed E-state index contributed by atoms with van der Waals surface area (Å²) >= 11 is 0. The molecule has 1 rings (SSSR count). The molecule has 0 bridgehead atoms. The number of amides is 1. The third-order valence-electron chi connectivity index (χ3n) is 2.69. The van der Waals surface area contributed by atoms with Crippen LogP contribution in [0.1, 0.15) is 25.3 Å². The minimum Gasteiger partial charge on any atom is -0.450 e. The first kappa shape index (κ1) is 15.5. The van der Waals surface area contributed by atoms with E-state index in [-0.39, 0.29) is 0 Å². The van der Waals surface area contributed by atoms with Crippen molar-refractivity contribution in [1.29, 1.82) is 0 Å². The van der Waals surface area contributed by atoms with Crippen LogP contribution in [0, 0.1) is 0 Å². The Hall–Kier alpha value is -1.53. The Kier molecular flexibility index (Phi) is 6.99. The van der Waals surface area contributed by atoms with Crippen molar-refractivity contribution in [3.8, 4) is 0 Å². The molecule has 0 unspecified atom stereocenters. The first-order valence-electron chi connectivity index (χ1n) is 6.49. The van der Waals surface area contributed by atoms with Gasteiger partial charge in [-0.25, -0.2) is 4.79 Å². The monoisotopic (exact) mass is 265 g/mol. The molecular weight excluding hydrogens is 245 g/mol. The van der Waals surface area contributed by atoms with Gasteiger partial charge in [0.2, 0.25) is 0 Å². The van der Waals surface area contributed by atoms with Gasteiger partial charge < -0.3 is 20.1 Å². The number of hydrogen-bond donors (Lipinski definition) is 3. The van der Waals surface area contributed by atoms with Crippen LogP contribution in [-0.2, 0) is 11.2 Å². The summed E-state index contributed by atoms with van der Waals surface area (Å²) in [6.07, 6.45) is 2.15. The summed E-state index contributed by atoms with van der Waals surface area (Å²) in [5.41, 5.74) is 1.47. The van der Waals surface area contributed by atoms with E-state index in [4.69, 9.17) is 14.8 Å². The summed E-state index contributed by atoms with van der Waals surface area (Å²) < 4.78 is 4.95. The van der Waals surface area contributed by atoms with Gasteiger partial charge in [0.1, 0.15) is 0 Å². The smallest absolute Gasteiger partial charge is 0.450 e. The number of nitrogens with one attached hydrogen (secondary N) is 1. The average Bonchev–Trinajstić information content (AvgIpc) is 2.39. The molecule has 0 aromatic heterocycles. The predicted octanol–water partition coefficient (Wildman–Crippen LogP) is 0.435. The quantitative estimate of drug-likeness (QED) is 0.493. The van der Waals surface area contributed by atoms with Gasteiger partial charge in [0, 0.05) is 6.54 Å². The SMILES string of the molecule is CCCCOC(=O)NCCc1ccc(B(O)O)cc1. The van der Waals surface area contributed by atoms with Crippen LogP contribution in [0.2, 0.25) is 0 Å². The highest BCUT2D eigenvalue weighted by Gasteiger charge is 2.09. The Balaban J connectivity index is 2.23. The molecule has 1 aromatic carbocycles. The molecule has 1 amide bonds. The highest BCUT2D eigenvalue weighted by Crippen LogP contribution is 1.98. The number of carbonyl (C=O) groups excluding carboxylic acids is 1. The molecule has 3 N–H and O–H groups in total. The highest BCUT2D eigenvalue weighted by molar-refractivity contribution is 6.58. The Morgan fingerprint density at radius 1 is 1.32 bits per heavy atom. The van der Waals surface area contributed by atoms with Crippen molar-refractivity contribution in [3.63, 3.8) is 0 Å². The van der Waals surface area contributed by atoms with E-state index in [2.05, 4.69) is 5.32 Å². The van der Waals surface area contributed by atoms with E-state index in [9.17, 15) is 4.79 Å². The number of unbranched alkanes of at least 4 members (excludes halogenated alkanes) is 1. The van der Waals surface area contributed by atoms with Crippen LogP contribution < -0.4 is 10.8 Å². The minimum atomic E-state index is -1.44. The third-order valence-corrected chi connectivity index (χ3v) is 2.69. The van der Waals surface area contributed by atoms with E-state index >= 15 is 0 Å². The van der Waals surface area contributed by atoms with Crippen molar-refractivity contribution in [3.05, 3.63) is 29.8 Å². The molecule has 104 valence electrons. The first-order valence-corrected chi connectivity index (χ1v) is 6.49. The number of hydrogen-bond acceptors (Lipinski definition) is 4. The molecule has 0 saturated heterocycles. The summed E-state index contributed by atoms with van der Waals surface area (Å²) in [4.78, 5) is 11.3. The van der Waals surface area contributed by atoms with Crippen LogP contribution in [0.3, 0.4) is 0 Å². The van der Waals surface area contributed by atoms with Crippen molar-refractivity contribution in [2.24, 2.45) is 0 Å². The maximum absolute atomic E-state index is 11.3. The minimum absolute atomic E-state index is 0.393. The lowest BCUT2D eigenvalue weighted by Crippen LogP contribution is -2.30. The van der Waals surface area contributed by atoms with Gasteiger partial charge in [-0.15, -0.1) is 0 Å². The van der Waals surface area contributed by atoms with Crippen LogP contribution in [0.5, 0.6) is 0 Å². The molecule has 0 aliphatic carbocycles. The fourth-order valence-corrected chi connectivity index (χ4v) is 1.53. The molecule has 0 fully saturated rings. The molecule has 5 nitrogen and oxygen atoms in total. The molecule has 6 heteroatoms. The van der Waals surface area contributed by atoms with Crippen molar-refractivity contribution in [2.75, 3.05) is 13.2 Å². The zero-order valence-electron chi connectivity index (χ0n) is 11.1. The average molecular weight is 265 g/mol. The predicted molar refractivity (Wildman–Crippen MR) is 74.2 cm³/mol. The lowest BCUT2D eigenvalue weighted by molar-refractivity contribution is 0.144. The van der Waals surface area contributed by atoms with Gasteiger partial charge in [-0.1, -0.05) is 37.6 Å². The normalized spacial score (nSPS) is 10.1. The van der Waals surface area contributed by atoms with E-state index in [1.54, 1.807) is 24.3 Å². The molecule has 0 heterocycles. The first-order chi connectivity index (χ1) is 9.13. The number of rotatable bonds is 7. The maximum atomic E-state index is 11.3. The maximum Gasteiger partial charge on any atom is 0.488 e. The Labute approximate surface area is 113 Å². The molecule has 19 heavy (non-hydrogen) atoms. The van der Waals surface area contributed by atoms with Gasteiger partial charge in [0.05, 0.1) is 6.61 Å². The lowest BCUT2D eigenvalue weighted by Gasteiger charge is -2.07. The summed E-state index contributed by atoms with van der Waals surface area (Å²) in [6, 6.07) is 6.91. The van der Waals surface area contributed by atoms with E-state index in [1.165, 1.54) is 0 Å². The second-order valence-corrected chi connectivity index (χ2v) is 4.28. The van der Waals surface area contributed by atoms with Crippen LogP contribution >= 0.6 is 0 Å². The number of alkyl carbamates (subject to hydrolysis) is 1. The van der Waals surface area contributed by atoms with Crippen LogP contribution in [-0.4, -0.2) is 36.4 Å². The summed E-state index contributed by atoms with van der Waals surface area (Å²) in [5, 5.41) is 20.6. The van der Waals surface area contributed by atoms with E-state index < -0.39 is 13.2 Å². The largest absolute Gasteiger partial charge is 0.488 e. The summed E-state index contributed by atoms with van der Waals surface area (Å²) in [7, 11) is -1.44. The van der Waals surface area contributed by atoms with Gasteiger partial charge in [-0.05, 0) is 23.9 Å². The molecule has 0 aliphatic heterocycles. The van der Waals surface area contributed by atoms with Crippen molar-refractivity contribution < 1.29 is 19.6 Å². The molecule has 0 aliphatic rings. The zero-order valence-corrected chi connectivity index (χ0v) is 11.1. The Bertz CT molecular complexity index is 381. The van der Waals surface area contributed by atoms with Crippen molar-refractivity contribution >= 4 is 18.7 Å². The highest BCUT2D eigenvalue weighted by atomic mass is 16.5. The fourth-order valence-electron chi connectivity index (χ4n) is 1.53. The van der Waals surface area contributed by atoms with Crippen LogP contribution in [0.25, 0.3) is 0 Å². The second kappa shape index (κ2) is 8.55. The summed E-state index contributed by atoms with van der Waals surface area (Å²) in [6.45, 7) is 2.98. The molecule has 0 atom stereocenters. The number of ether oxygens (including phenoxy) is 1. The standard InChI is InChI=1S/C13H20BNO4/c1-2-3-10-19-13(16)15-9-8-11-4-6-12(7-5-11)14(17)18/h4-7,17-18H,2-3,8-10H2,1H3,(H,15,16). The van der Waals surface area contributed by atoms with E-state index in [0.717, 1.165) is 18.4 Å². The topological polar surface area (TPSA) is 78.8 Å². The number of carbonyl (C=O) groups is 1. The van der Waals surface area contributed by atoms with Crippen LogP contribution in [0.15, 0.2) is 24.3 Å². The van der Waals surface area contributed by atoms with Crippen molar-refractivity contribution in [2.45, 2.75) is 26.2 Å². The van der Waals surface area contributed by atoms with E-state index in [1.807, 2.05) is 6.92 Å². The molecular formula is C13H20BNO4. The van der Waals surface area contributed by atoms with Gasteiger partial charge in [-0.2, -0.15) is 0 Å². The molecule has 0 saturated carbocycles. The summed E-state index contributed by atoms with van der Waals surface area (Å²) in [5.74, 6) is 0. The molecule has 1 aromatic rings. The van der Waals surface area contributed by atoms with E-state index in [0.29, 0.717) is 25.0 Å². The van der Waals surface area contributed by atoms with Gasteiger partial charge in [-0.3, -0.25) is 0 Å². The third kappa shape index (κ3) is 6.26. The second-order valence-electron chi connectivity index (χ2n) is 4.28.